The summed E-state index contributed by atoms with van der Waals surface area (Å²) in [6, 6.07) is 91.6. The molecule has 0 radical (unpaired) electrons. The Morgan fingerprint density at radius 3 is 0.557 bits per heavy atom. The van der Waals surface area contributed by atoms with Crippen molar-refractivity contribution >= 4 is 0 Å². The molecular weight excluding hydrogens is 981 g/mol. The second kappa shape index (κ2) is 22.0. The van der Waals surface area contributed by atoms with E-state index in [1.54, 1.807) is 0 Å². The molecule has 0 bridgehead atoms. The van der Waals surface area contributed by atoms with Crippen LogP contribution in [0, 0.1) is 0 Å². The van der Waals surface area contributed by atoms with E-state index in [9.17, 15) is 20.4 Å². The zero-order chi connectivity index (χ0) is 53.9. The maximum Gasteiger partial charge on any atom is 0.185 e. The van der Waals surface area contributed by atoms with Crippen LogP contribution in [0.25, 0.3) is 0 Å². The Morgan fingerprint density at radius 1 is 0.228 bits per heavy atom. The minimum atomic E-state index is -1.77. The van der Waals surface area contributed by atoms with Gasteiger partial charge < -0.3 is 39.4 Å². The number of ether oxygens (including phenoxy) is 4. The molecule has 79 heavy (non-hydrogen) atoms. The molecule has 0 aliphatic carbocycles. The molecule has 0 aromatic heterocycles. The van der Waals surface area contributed by atoms with Gasteiger partial charge in [-0.15, -0.1) is 0 Å². The molecule has 2 fully saturated rings. The van der Waals surface area contributed by atoms with Crippen molar-refractivity contribution in [1.29, 1.82) is 0 Å². The summed E-state index contributed by atoms with van der Waals surface area (Å²) < 4.78 is 28.1. The summed E-state index contributed by atoms with van der Waals surface area (Å²) in [6.07, 6.45) is -5.80. The number of aliphatic hydroxyl groups is 4. The zero-order valence-corrected chi connectivity index (χ0v) is 43.3. The van der Waals surface area contributed by atoms with Gasteiger partial charge in [-0.1, -0.05) is 291 Å². The van der Waals surface area contributed by atoms with Gasteiger partial charge in [-0.3, -0.25) is 0 Å². The second-order valence-corrected chi connectivity index (χ2v) is 20.5. The van der Waals surface area contributed by atoms with Gasteiger partial charge in [0.2, 0.25) is 0 Å². The molecule has 4 N–H and O–H groups in total. The summed E-state index contributed by atoms with van der Waals surface area (Å²) in [6.45, 7) is 0. The fraction of sp³-hybridized carbons (Fsp3) is 0.155. The predicted octanol–water partition coefficient (Wildman–Crippen LogP) is 12.6. The maximum atomic E-state index is 13.4. The molecule has 0 saturated carbocycles. The SMILES string of the molecule is OC(c1ccccc1)(c1ccccc1)[C@@H]1OC(c2ccc(Cc3ccc(C4O[C@@H](C(O)(c5ccccc5)c5ccccc5)[C@H](C(O)(c5ccccc5)c5ccccc5)O4)cc3)cc2)O[C@H]1C(O)(c1ccccc1)c1ccccc1. The molecule has 0 amide bonds. The molecule has 2 saturated heterocycles. The van der Waals surface area contributed by atoms with Crippen LogP contribution < -0.4 is 0 Å². The van der Waals surface area contributed by atoms with Gasteiger partial charge in [-0.05, 0) is 62.1 Å². The van der Waals surface area contributed by atoms with E-state index < -0.39 is 59.4 Å². The third-order valence-corrected chi connectivity index (χ3v) is 15.9. The summed E-state index contributed by atoms with van der Waals surface area (Å²) in [5, 5.41) is 53.5. The Labute approximate surface area is 461 Å². The van der Waals surface area contributed by atoms with E-state index in [1.807, 2.05) is 291 Å². The molecule has 0 unspecified atom stereocenters. The van der Waals surface area contributed by atoms with Crippen molar-refractivity contribution in [2.45, 2.75) is 65.8 Å². The highest BCUT2D eigenvalue weighted by atomic mass is 16.7. The lowest BCUT2D eigenvalue weighted by Crippen LogP contribution is -2.54. The highest BCUT2D eigenvalue weighted by Gasteiger charge is 2.61. The van der Waals surface area contributed by atoms with Gasteiger partial charge in [0, 0.05) is 11.1 Å². The smallest absolute Gasteiger partial charge is 0.185 e. The molecule has 10 aromatic rings. The normalized spacial score (nSPS) is 18.4. The number of benzene rings is 10. The Morgan fingerprint density at radius 2 is 0.392 bits per heavy atom. The van der Waals surface area contributed by atoms with Gasteiger partial charge in [-0.2, -0.15) is 0 Å². The quantitative estimate of drug-likeness (QED) is 0.0756. The first-order valence-electron chi connectivity index (χ1n) is 26.8. The van der Waals surface area contributed by atoms with Gasteiger partial charge in [0.05, 0.1) is 0 Å². The zero-order valence-electron chi connectivity index (χ0n) is 43.3. The van der Waals surface area contributed by atoms with Crippen molar-refractivity contribution in [3.63, 3.8) is 0 Å². The lowest BCUT2D eigenvalue weighted by atomic mass is 9.72. The molecule has 2 aliphatic heterocycles. The lowest BCUT2D eigenvalue weighted by molar-refractivity contribution is -0.110. The van der Waals surface area contributed by atoms with Crippen LogP contribution in [0.2, 0.25) is 0 Å². The minimum absolute atomic E-state index is 0.586. The van der Waals surface area contributed by atoms with Gasteiger partial charge in [-0.25, -0.2) is 0 Å². The Bertz CT molecular complexity index is 2950. The van der Waals surface area contributed by atoms with Crippen LogP contribution in [0.1, 0.15) is 79.3 Å². The first kappa shape index (κ1) is 51.6. The average Bonchev–Trinajstić information content (AvgIpc) is 4.25. The van der Waals surface area contributed by atoms with Crippen LogP contribution in [-0.2, 0) is 47.8 Å². The minimum Gasteiger partial charge on any atom is -0.378 e. The summed E-state index contributed by atoms with van der Waals surface area (Å²) in [4.78, 5) is 0. The molecular formula is C71H60O8. The number of hydrogen-bond acceptors (Lipinski definition) is 8. The summed E-state index contributed by atoms with van der Waals surface area (Å²) >= 11 is 0. The van der Waals surface area contributed by atoms with Gasteiger partial charge in [0.15, 0.2) is 12.6 Å². The summed E-state index contributed by atoms with van der Waals surface area (Å²) in [5.74, 6) is 0. The highest BCUT2D eigenvalue weighted by molar-refractivity contribution is 5.47. The Kier molecular flexibility index (Phi) is 14.3. The van der Waals surface area contributed by atoms with E-state index >= 15 is 0 Å². The molecule has 12 rings (SSSR count). The van der Waals surface area contributed by atoms with E-state index in [0.717, 1.165) is 22.3 Å². The fourth-order valence-corrected chi connectivity index (χ4v) is 11.8. The van der Waals surface area contributed by atoms with Crippen LogP contribution in [0.4, 0.5) is 0 Å². The van der Waals surface area contributed by atoms with Gasteiger partial charge in [0.25, 0.3) is 0 Å². The first-order valence-corrected chi connectivity index (χ1v) is 26.8. The van der Waals surface area contributed by atoms with E-state index in [2.05, 4.69) is 0 Å². The fourth-order valence-electron chi connectivity index (χ4n) is 11.8. The van der Waals surface area contributed by atoms with E-state index in [0.29, 0.717) is 50.9 Å². The lowest BCUT2D eigenvalue weighted by Gasteiger charge is -2.42. The molecule has 0 spiro atoms. The average molecular weight is 1040 g/mol. The van der Waals surface area contributed by atoms with Gasteiger partial charge >= 0.3 is 0 Å². The van der Waals surface area contributed by atoms with Crippen molar-refractivity contribution in [2.75, 3.05) is 0 Å². The van der Waals surface area contributed by atoms with E-state index in [-0.39, 0.29) is 0 Å². The Balaban J connectivity index is 0.855. The maximum absolute atomic E-state index is 13.4. The van der Waals surface area contributed by atoms with E-state index in [1.165, 1.54) is 0 Å². The summed E-state index contributed by atoms with van der Waals surface area (Å²) in [7, 11) is 0. The van der Waals surface area contributed by atoms with Crippen LogP contribution in [0.5, 0.6) is 0 Å². The molecule has 4 atom stereocenters. The Hall–Kier alpha value is -8.12. The standard InChI is InChI=1S/C71H60O8/c72-68(54-25-9-1-10-26-54,55-27-11-2-12-28-55)62-63(69(73,56-29-13-3-14-30-56)57-31-15-4-16-32-57)77-66(76-62)52-45-41-50(42-46-52)49-51-43-47-53(48-44-51)67-78-64(70(74,58-33-17-5-18-34-58)59-35-19-6-20-36-59)65(79-67)71(75,60-37-21-7-22-38-60)61-39-23-8-24-40-61/h1-48,62-67,72-75H,49H2/t62-,63-,64-,65-/m1/s1. The van der Waals surface area contributed by atoms with Crippen molar-refractivity contribution < 1.29 is 39.4 Å². The van der Waals surface area contributed by atoms with Crippen molar-refractivity contribution in [3.8, 4) is 0 Å². The molecule has 2 aliphatic rings. The third-order valence-electron chi connectivity index (χ3n) is 15.9. The van der Waals surface area contributed by atoms with Crippen LogP contribution in [0.3, 0.4) is 0 Å². The second-order valence-electron chi connectivity index (χ2n) is 20.5. The van der Waals surface area contributed by atoms with Crippen LogP contribution in [0.15, 0.2) is 291 Å². The monoisotopic (exact) mass is 1040 g/mol. The summed E-state index contributed by atoms with van der Waals surface area (Å²) in [5.41, 5.74) is 1.18. The van der Waals surface area contributed by atoms with Crippen molar-refractivity contribution in [1.82, 2.24) is 0 Å². The van der Waals surface area contributed by atoms with Gasteiger partial charge in [0.1, 0.15) is 46.8 Å². The molecule has 10 aromatic carbocycles. The number of hydrogen-bond donors (Lipinski definition) is 4. The van der Waals surface area contributed by atoms with Crippen LogP contribution in [-0.4, -0.2) is 44.8 Å². The largest absolute Gasteiger partial charge is 0.378 e. The molecule has 8 heteroatoms. The molecule has 392 valence electrons. The molecule has 8 nitrogen and oxygen atoms in total. The topological polar surface area (TPSA) is 118 Å². The van der Waals surface area contributed by atoms with E-state index in [4.69, 9.17) is 18.9 Å². The third kappa shape index (κ3) is 9.52. The molecule has 2 heterocycles. The van der Waals surface area contributed by atoms with Crippen molar-refractivity contribution in [2.24, 2.45) is 0 Å². The van der Waals surface area contributed by atoms with Crippen LogP contribution >= 0.6 is 0 Å². The highest BCUT2D eigenvalue weighted by Crippen LogP contribution is 2.53. The first-order chi connectivity index (χ1) is 38.7. The predicted molar refractivity (Wildman–Crippen MR) is 304 cm³/mol. The number of rotatable bonds is 16. The van der Waals surface area contributed by atoms with Crippen molar-refractivity contribution in [3.05, 3.63) is 358 Å².